The van der Waals surface area contributed by atoms with Crippen molar-refractivity contribution >= 4 is 17.2 Å². The van der Waals surface area contributed by atoms with Gasteiger partial charge in [0.05, 0.1) is 11.0 Å². The molecule has 1 saturated heterocycles. The van der Waals surface area contributed by atoms with Crippen LogP contribution in [0.15, 0.2) is 17.5 Å². The third-order valence-corrected chi connectivity index (χ3v) is 4.20. The summed E-state index contributed by atoms with van der Waals surface area (Å²) < 4.78 is 0. The van der Waals surface area contributed by atoms with E-state index in [1.165, 1.54) is 11.3 Å². The van der Waals surface area contributed by atoms with Gasteiger partial charge in [0.15, 0.2) is 0 Å². The summed E-state index contributed by atoms with van der Waals surface area (Å²) >= 11 is 1.45. The number of β-amino-alcohol motifs (C(OH)–C–C–N with tert-alkyl or cyclic N) is 1. The van der Waals surface area contributed by atoms with E-state index < -0.39 is 6.10 Å². The Bertz CT molecular complexity index is 372. The van der Waals surface area contributed by atoms with Gasteiger partial charge in [0, 0.05) is 13.1 Å². The Morgan fingerprint density at radius 2 is 2.38 bits per heavy atom. The minimum Gasteiger partial charge on any atom is -0.391 e. The molecule has 1 unspecified atom stereocenters. The van der Waals surface area contributed by atoms with Crippen LogP contribution in [0.2, 0.25) is 0 Å². The van der Waals surface area contributed by atoms with E-state index in [1.807, 2.05) is 31.4 Å². The van der Waals surface area contributed by atoms with Crippen LogP contribution in [0, 0.1) is 5.41 Å². The molecule has 1 atom stereocenters. The van der Waals surface area contributed by atoms with Crippen LogP contribution in [0.3, 0.4) is 0 Å². The molecule has 16 heavy (non-hydrogen) atoms. The molecule has 3 nitrogen and oxygen atoms in total. The van der Waals surface area contributed by atoms with Gasteiger partial charge in [-0.3, -0.25) is 4.79 Å². The Labute approximate surface area is 99.7 Å². The van der Waals surface area contributed by atoms with E-state index >= 15 is 0 Å². The monoisotopic (exact) mass is 239 g/mol. The normalized spacial score (nSPS) is 24.4. The molecule has 2 heterocycles. The van der Waals surface area contributed by atoms with Gasteiger partial charge < -0.3 is 10.0 Å². The van der Waals surface area contributed by atoms with E-state index in [0.717, 1.165) is 17.8 Å². The van der Waals surface area contributed by atoms with Crippen molar-refractivity contribution in [3.8, 4) is 0 Å². The predicted octanol–water partition coefficient (Wildman–Crippen LogP) is 1.98. The zero-order valence-corrected chi connectivity index (χ0v) is 10.5. The highest BCUT2D eigenvalue weighted by Crippen LogP contribution is 2.31. The molecule has 0 saturated carbocycles. The zero-order chi connectivity index (χ0) is 11.8. The number of hydrogen-bond acceptors (Lipinski definition) is 3. The minimum absolute atomic E-state index is 0.0459. The molecular weight excluding hydrogens is 222 g/mol. The number of nitrogens with zero attached hydrogens (tertiary/aromatic N) is 1. The average molecular weight is 239 g/mol. The minimum atomic E-state index is -0.426. The Morgan fingerprint density at radius 1 is 1.62 bits per heavy atom. The average Bonchev–Trinajstić information content (AvgIpc) is 2.74. The Balaban J connectivity index is 2.06. The first-order chi connectivity index (χ1) is 7.50. The van der Waals surface area contributed by atoms with Crippen molar-refractivity contribution in [2.24, 2.45) is 5.41 Å². The van der Waals surface area contributed by atoms with Crippen molar-refractivity contribution in [3.05, 3.63) is 22.4 Å². The highest BCUT2D eigenvalue weighted by molar-refractivity contribution is 7.12. The highest BCUT2D eigenvalue weighted by atomic mass is 32.1. The van der Waals surface area contributed by atoms with Crippen LogP contribution in [-0.2, 0) is 0 Å². The third kappa shape index (κ3) is 2.13. The topological polar surface area (TPSA) is 40.5 Å². The molecule has 1 aromatic rings. The van der Waals surface area contributed by atoms with Gasteiger partial charge in [-0.2, -0.15) is 0 Å². The van der Waals surface area contributed by atoms with E-state index in [9.17, 15) is 9.90 Å². The number of aliphatic hydroxyl groups is 1. The van der Waals surface area contributed by atoms with Crippen LogP contribution in [0.1, 0.15) is 29.9 Å². The standard InChI is InChI=1S/C12H17NO2S/c1-12(2)5-6-13(8-10(12)14)11(15)9-4-3-7-16-9/h3-4,7,10,14H,5-6,8H2,1-2H3. The molecular formula is C12H17NO2S. The van der Waals surface area contributed by atoms with Crippen molar-refractivity contribution < 1.29 is 9.90 Å². The molecule has 0 aromatic carbocycles. The second-order valence-electron chi connectivity index (χ2n) is 4.98. The summed E-state index contributed by atoms with van der Waals surface area (Å²) in [5, 5.41) is 11.9. The number of aliphatic hydroxyl groups excluding tert-OH is 1. The maximum Gasteiger partial charge on any atom is 0.264 e. The number of amides is 1. The summed E-state index contributed by atoms with van der Waals surface area (Å²) in [7, 11) is 0. The smallest absolute Gasteiger partial charge is 0.264 e. The maximum atomic E-state index is 12.0. The largest absolute Gasteiger partial charge is 0.391 e. The molecule has 0 bridgehead atoms. The Hall–Kier alpha value is -0.870. The first-order valence-corrected chi connectivity index (χ1v) is 6.39. The summed E-state index contributed by atoms with van der Waals surface area (Å²) in [5.41, 5.74) is -0.0772. The molecule has 4 heteroatoms. The number of rotatable bonds is 1. The molecule has 0 spiro atoms. The SMILES string of the molecule is CC1(C)CCN(C(=O)c2cccs2)CC1O. The number of thiophene rings is 1. The lowest BCUT2D eigenvalue weighted by Crippen LogP contribution is -2.50. The van der Waals surface area contributed by atoms with E-state index in [0.29, 0.717) is 6.54 Å². The van der Waals surface area contributed by atoms with Gasteiger partial charge in [0.1, 0.15) is 0 Å². The van der Waals surface area contributed by atoms with E-state index in [-0.39, 0.29) is 11.3 Å². The summed E-state index contributed by atoms with van der Waals surface area (Å²) in [4.78, 5) is 14.6. The fourth-order valence-corrected chi connectivity index (χ4v) is 2.57. The summed E-state index contributed by atoms with van der Waals surface area (Å²) in [5.74, 6) is 0.0459. The molecule has 0 radical (unpaired) electrons. The number of likely N-dealkylation sites (tertiary alicyclic amines) is 1. The zero-order valence-electron chi connectivity index (χ0n) is 9.64. The van der Waals surface area contributed by atoms with Gasteiger partial charge in [-0.25, -0.2) is 0 Å². The predicted molar refractivity (Wildman–Crippen MR) is 64.6 cm³/mol. The summed E-state index contributed by atoms with van der Waals surface area (Å²) in [6, 6.07) is 3.71. The van der Waals surface area contributed by atoms with Crippen LogP contribution in [-0.4, -0.2) is 35.1 Å². The molecule has 1 fully saturated rings. The first-order valence-electron chi connectivity index (χ1n) is 5.51. The maximum absolute atomic E-state index is 12.0. The number of carbonyl (C=O) groups excluding carboxylic acids is 1. The molecule has 1 amide bonds. The van der Waals surface area contributed by atoms with Crippen LogP contribution in [0.4, 0.5) is 0 Å². The van der Waals surface area contributed by atoms with Crippen LogP contribution >= 0.6 is 11.3 Å². The van der Waals surface area contributed by atoms with Crippen molar-refractivity contribution in [2.45, 2.75) is 26.4 Å². The van der Waals surface area contributed by atoms with Crippen molar-refractivity contribution in [3.63, 3.8) is 0 Å². The van der Waals surface area contributed by atoms with Gasteiger partial charge >= 0.3 is 0 Å². The van der Waals surface area contributed by atoms with Crippen molar-refractivity contribution in [2.75, 3.05) is 13.1 Å². The lowest BCUT2D eigenvalue weighted by Gasteiger charge is -2.41. The van der Waals surface area contributed by atoms with Gasteiger partial charge in [-0.1, -0.05) is 19.9 Å². The van der Waals surface area contributed by atoms with E-state index in [1.54, 1.807) is 4.90 Å². The Kier molecular flexibility index (Phi) is 3.04. The summed E-state index contributed by atoms with van der Waals surface area (Å²) in [6.45, 7) is 5.28. The Morgan fingerprint density at radius 3 is 2.94 bits per heavy atom. The molecule has 88 valence electrons. The first kappa shape index (κ1) is 11.6. The number of carbonyl (C=O) groups is 1. The van der Waals surface area contributed by atoms with Gasteiger partial charge in [-0.05, 0) is 23.3 Å². The lowest BCUT2D eigenvalue weighted by molar-refractivity contribution is -0.0189. The fraction of sp³-hybridized carbons (Fsp3) is 0.583. The molecule has 1 aromatic heterocycles. The molecule has 1 N–H and O–H groups in total. The van der Waals surface area contributed by atoms with E-state index in [4.69, 9.17) is 0 Å². The molecule has 1 aliphatic rings. The fourth-order valence-electron chi connectivity index (χ4n) is 1.88. The van der Waals surface area contributed by atoms with Gasteiger partial charge in [0.2, 0.25) is 0 Å². The second kappa shape index (κ2) is 4.18. The van der Waals surface area contributed by atoms with Crippen LogP contribution in [0.25, 0.3) is 0 Å². The van der Waals surface area contributed by atoms with Crippen LogP contribution in [0.5, 0.6) is 0 Å². The van der Waals surface area contributed by atoms with Gasteiger partial charge in [0.25, 0.3) is 5.91 Å². The van der Waals surface area contributed by atoms with Crippen molar-refractivity contribution in [1.82, 2.24) is 4.90 Å². The lowest BCUT2D eigenvalue weighted by atomic mass is 9.80. The molecule has 2 rings (SSSR count). The van der Waals surface area contributed by atoms with Crippen molar-refractivity contribution in [1.29, 1.82) is 0 Å². The summed E-state index contributed by atoms with van der Waals surface area (Å²) in [6.07, 6.45) is 0.427. The second-order valence-corrected chi connectivity index (χ2v) is 5.93. The third-order valence-electron chi connectivity index (χ3n) is 3.34. The molecule has 0 aliphatic carbocycles. The molecule has 1 aliphatic heterocycles. The highest BCUT2D eigenvalue weighted by Gasteiger charge is 2.36. The number of piperidine rings is 1. The number of hydrogen-bond donors (Lipinski definition) is 1. The quantitative estimate of drug-likeness (QED) is 0.814. The van der Waals surface area contributed by atoms with E-state index in [2.05, 4.69) is 0 Å². The van der Waals surface area contributed by atoms with Crippen LogP contribution < -0.4 is 0 Å². The van der Waals surface area contributed by atoms with Gasteiger partial charge in [-0.15, -0.1) is 11.3 Å².